The van der Waals surface area contributed by atoms with Crippen LogP contribution in [0.5, 0.6) is 5.75 Å². The number of benzene rings is 1. The van der Waals surface area contributed by atoms with Crippen LogP contribution in [0.2, 0.25) is 0 Å². The van der Waals surface area contributed by atoms with Crippen LogP contribution in [0, 0.1) is 0 Å². The van der Waals surface area contributed by atoms with Crippen molar-refractivity contribution < 1.29 is 13.2 Å². The van der Waals surface area contributed by atoms with Crippen LogP contribution in [0.15, 0.2) is 29.1 Å². The lowest BCUT2D eigenvalue weighted by molar-refractivity contribution is 0.239. The van der Waals surface area contributed by atoms with Crippen molar-refractivity contribution in [2.75, 3.05) is 26.7 Å². The highest BCUT2D eigenvalue weighted by molar-refractivity contribution is 7.89. The van der Waals surface area contributed by atoms with E-state index in [4.69, 9.17) is 9.72 Å². The van der Waals surface area contributed by atoms with Gasteiger partial charge >= 0.3 is 0 Å². The Bertz CT molecular complexity index is 1100. The molecule has 1 fully saturated rings. The third-order valence-electron chi connectivity index (χ3n) is 6.23. The van der Waals surface area contributed by atoms with Crippen LogP contribution < -0.4 is 10.3 Å². The minimum Gasteiger partial charge on any atom is -0.497 e. The van der Waals surface area contributed by atoms with E-state index in [1.54, 1.807) is 21.0 Å². The normalized spacial score (nSPS) is 20.2. The van der Waals surface area contributed by atoms with E-state index < -0.39 is 15.3 Å². The van der Waals surface area contributed by atoms with E-state index in [0.717, 1.165) is 30.1 Å². The van der Waals surface area contributed by atoms with E-state index in [0.29, 0.717) is 38.3 Å². The number of hydrogen-bond acceptors (Lipinski definition) is 6. The Hall–Kier alpha value is -2.23. The zero-order chi connectivity index (χ0) is 22.2. The zero-order valence-corrected chi connectivity index (χ0v) is 19.1. The molecule has 0 unspecified atom stereocenters. The first kappa shape index (κ1) is 22.0. The third-order valence-corrected chi connectivity index (χ3v) is 8.47. The highest BCUT2D eigenvalue weighted by Crippen LogP contribution is 2.28. The number of hydrogen-bond donors (Lipinski definition) is 1. The fraction of sp³-hybridized carbons (Fsp3) is 0.545. The summed E-state index contributed by atoms with van der Waals surface area (Å²) in [6.45, 7) is 6.41. The number of ether oxygens (including phenoxy) is 1. The molecule has 1 N–H and O–H groups in total. The van der Waals surface area contributed by atoms with Crippen molar-refractivity contribution in [3.8, 4) is 5.75 Å². The summed E-state index contributed by atoms with van der Waals surface area (Å²) < 4.78 is 31.7. The molecule has 1 aromatic heterocycles. The van der Waals surface area contributed by atoms with Gasteiger partial charge in [-0.1, -0.05) is 12.1 Å². The maximum atomic E-state index is 12.7. The van der Waals surface area contributed by atoms with E-state index >= 15 is 0 Å². The highest BCUT2D eigenvalue weighted by Gasteiger charge is 2.35. The lowest BCUT2D eigenvalue weighted by atomic mass is 10.0. The molecule has 2 aliphatic rings. The van der Waals surface area contributed by atoms with Gasteiger partial charge in [-0.15, -0.1) is 0 Å². The summed E-state index contributed by atoms with van der Waals surface area (Å²) in [6, 6.07) is 8.00. The van der Waals surface area contributed by atoms with E-state index in [9.17, 15) is 13.2 Å². The molecule has 1 atom stereocenters. The number of fused-ring (bicyclic) bond motifs is 1. The van der Waals surface area contributed by atoms with E-state index in [1.165, 1.54) is 9.87 Å². The summed E-state index contributed by atoms with van der Waals surface area (Å²) in [5, 5.41) is -0.451. The van der Waals surface area contributed by atoms with Gasteiger partial charge in [-0.3, -0.25) is 9.69 Å². The van der Waals surface area contributed by atoms with E-state index in [1.807, 2.05) is 24.3 Å². The maximum absolute atomic E-state index is 12.7. The highest BCUT2D eigenvalue weighted by atomic mass is 32.2. The second kappa shape index (κ2) is 8.72. The van der Waals surface area contributed by atoms with Gasteiger partial charge in [0.25, 0.3) is 5.56 Å². The van der Waals surface area contributed by atoms with E-state index in [-0.39, 0.29) is 11.5 Å². The fourth-order valence-corrected chi connectivity index (χ4v) is 5.66. The number of methoxy groups -OCH3 is 1. The number of sulfonamides is 1. The Morgan fingerprint density at radius 1 is 1.23 bits per heavy atom. The van der Waals surface area contributed by atoms with Crippen molar-refractivity contribution in [1.29, 1.82) is 0 Å². The van der Waals surface area contributed by atoms with Gasteiger partial charge in [0.05, 0.1) is 18.1 Å². The SMILES string of the molecule is COc1ccc(CN2CCc3c(nc([C@H]4CCN(S(=O)(=O)C(C)C)C4)[nH]c3=O)C2)cc1. The first-order valence-electron chi connectivity index (χ1n) is 10.7. The minimum absolute atomic E-state index is 0.0801. The van der Waals surface area contributed by atoms with Gasteiger partial charge < -0.3 is 9.72 Å². The second-order valence-electron chi connectivity index (χ2n) is 8.62. The lowest BCUT2D eigenvalue weighted by Gasteiger charge is -2.28. The molecular weight excluding hydrogens is 416 g/mol. The van der Waals surface area contributed by atoms with Crippen molar-refractivity contribution in [2.24, 2.45) is 0 Å². The molecule has 8 nitrogen and oxygen atoms in total. The summed E-state index contributed by atoms with van der Waals surface area (Å²) in [5.41, 5.74) is 2.65. The minimum atomic E-state index is -3.30. The van der Waals surface area contributed by atoms with Gasteiger partial charge in [-0.2, -0.15) is 0 Å². The molecule has 3 heterocycles. The quantitative estimate of drug-likeness (QED) is 0.728. The van der Waals surface area contributed by atoms with Crippen LogP contribution in [0.25, 0.3) is 0 Å². The summed E-state index contributed by atoms with van der Waals surface area (Å²) in [4.78, 5) is 22.7. The smallest absolute Gasteiger partial charge is 0.254 e. The molecule has 0 spiro atoms. The van der Waals surface area contributed by atoms with Gasteiger partial charge in [0.1, 0.15) is 11.6 Å². The van der Waals surface area contributed by atoms with Gasteiger partial charge in [-0.05, 0) is 44.4 Å². The second-order valence-corrected chi connectivity index (χ2v) is 11.1. The van der Waals surface area contributed by atoms with Crippen molar-refractivity contribution in [1.82, 2.24) is 19.2 Å². The first-order chi connectivity index (χ1) is 14.8. The van der Waals surface area contributed by atoms with Crippen molar-refractivity contribution in [2.45, 2.75) is 50.9 Å². The first-order valence-corrected chi connectivity index (χ1v) is 12.2. The lowest BCUT2D eigenvalue weighted by Crippen LogP contribution is -2.36. The van der Waals surface area contributed by atoms with Crippen molar-refractivity contribution in [3.63, 3.8) is 0 Å². The topological polar surface area (TPSA) is 95.6 Å². The average molecular weight is 447 g/mol. The number of H-pyrrole nitrogens is 1. The average Bonchev–Trinajstić information content (AvgIpc) is 3.25. The van der Waals surface area contributed by atoms with Crippen LogP contribution in [-0.4, -0.2) is 59.6 Å². The summed E-state index contributed by atoms with van der Waals surface area (Å²) in [5.74, 6) is 1.36. The molecule has 2 aliphatic heterocycles. The Morgan fingerprint density at radius 3 is 2.65 bits per heavy atom. The third kappa shape index (κ3) is 4.53. The van der Waals surface area contributed by atoms with Crippen LogP contribution in [0.3, 0.4) is 0 Å². The molecule has 9 heteroatoms. The predicted molar refractivity (Wildman–Crippen MR) is 119 cm³/mol. The standard InChI is InChI=1S/C22H30N4O4S/c1-15(2)31(28,29)26-11-8-17(13-26)21-23-20-14-25(10-9-19(20)22(27)24-21)12-16-4-6-18(30-3)7-5-16/h4-7,15,17H,8-14H2,1-3H3,(H,23,24,27)/t17-/m0/s1. The molecule has 1 saturated heterocycles. The molecule has 0 saturated carbocycles. The summed E-state index contributed by atoms with van der Waals surface area (Å²) >= 11 is 0. The molecule has 0 amide bonds. The molecule has 0 bridgehead atoms. The van der Waals surface area contributed by atoms with Gasteiger partial charge in [0, 0.05) is 44.2 Å². The fourth-order valence-electron chi connectivity index (χ4n) is 4.31. The zero-order valence-electron chi connectivity index (χ0n) is 18.3. The molecule has 2 aromatic rings. The Balaban J connectivity index is 1.50. The van der Waals surface area contributed by atoms with Crippen LogP contribution in [0.4, 0.5) is 0 Å². The van der Waals surface area contributed by atoms with Gasteiger partial charge in [0.15, 0.2) is 0 Å². The summed E-state index contributed by atoms with van der Waals surface area (Å²) in [6.07, 6.45) is 1.33. The molecule has 31 heavy (non-hydrogen) atoms. The van der Waals surface area contributed by atoms with Crippen LogP contribution in [0.1, 0.15) is 48.8 Å². The van der Waals surface area contributed by atoms with Crippen molar-refractivity contribution in [3.05, 3.63) is 57.3 Å². The molecule has 4 rings (SSSR count). The Morgan fingerprint density at radius 2 is 1.97 bits per heavy atom. The molecule has 0 aliphatic carbocycles. The van der Waals surface area contributed by atoms with Gasteiger partial charge in [-0.25, -0.2) is 17.7 Å². The molecule has 168 valence electrons. The summed E-state index contributed by atoms with van der Waals surface area (Å²) in [7, 11) is -1.65. The number of nitrogens with zero attached hydrogens (tertiary/aromatic N) is 3. The van der Waals surface area contributed by atoms with Crippen LogP contribution in [-0.2, 0) is 29.5 Å². The molecule has 1 aromatic carbocycles. The van der Waals surface area contributed by atoms with E-state index in [2.05, 4.69) is 9.88 Å². The molecular formula is C22H30N4O4S. The predicted octanol–water partition coefficient (Wildman–Crippen LogP) is 1.86. The Labute approximate surface area is 183 Å². The number of aromatic amines is 1. The van der Waals surface area contributed by atoms with Crippen molar-refractivity contribution >= 4 is 10.0 Å². The van der Waals surface area contributed by atoms with Crippen LogP contribution >= 0.6 is 0 Å². The molecule has 0 radical (unpaired) electrons. The number of rotatable bonds is 6. The largest absolute Gasteiger partial charge is 0.497 e. The van der Waals surface area contributed by atoms with Gasteiger partial charge in [0.2, 0.25) is 10.0 Å². The monoisotopic (exact) mass is 446 g/mol. The maximum Gasteiger partial charge on any atom is 0.254 e. The number of nitrogens with one attached hydrogen (secondary N) is 1. The Kier molecular flexibility index (Phi) is 6.18. The number of aromatic nitrogens is 2.